The molecule has 5 heteroatoms. The molecule has 4 saturated carbocycles. The molecule has 0 N–H and O–H groups in total. The Morgan fingerprint density at radius 3 is 2.17 bits per heavy atom. The van der Waals surface area contributed by atoms with E-state index in [0.29, 0.717) is 24.0 Å². The van der Waals surface area contributed by atoms with Crippen LogP contribution in [0.25, 0.3) is 0 Å². The van der Waals surface area contributed by atoms with Gasteiger partial charge in [0.15, 0.2) is 16.6 Å². The highest BCUT2D eigenvalue weighted by Gasteiger charge is 2.51. The SMILES string of the molecule is C=C1C(=CC=C2CCC[C@]3(C)[C@@H](C(C)=CCC(=O)C4(CCCC)CC4)CC[C@@H]23)C[C@@H](O[Si](C)(C)C(C)(C)C)C[C@@H]1O[Si](C)(C)C(C)(C)C. The number of hydrogen-bond donors (Lipinski definition) is 0. The van der Waals surface area contributed by atoms with Gasteiger partial charge < -0.3 is 8.85 Å². The van der Waals surface area contributed by atoms with Crippen LogP contribution in [0.5, 0.6) is 0 Å². The summed E-state index contributed by atoms with van der Waals surface area (Å²) in [7, 11) is -3.93. The van der Waals surface area contributed by atoms with Crippen molar-refractivity contribution in [1.82, 2.24) is 0 Å². The summed E-state index contributed by atoms with van der Waals surface area (Å²) in [6.45, 7) is 35.3. The Balaban J connectivity index is 1.55. The molecule has 0 radical (unpaired) electrons. The molecular weight excluding hydrogens is 621 g/mol. The minimum Gasteiger partial charge on any atom is -0.413 e. The third kappa shape index (κ3) is 8.53. The van der Waals surface area contributed by atoms with Crippen molar-refractivity contribution in [2.75, 3.05) is 0 Å². The normalized spacial score (nSPS) is 31.8. The second-order valence-corrected chi connectivity index (χ2v) is 29.3. The number of carbonyl (C=O) groups is 1. The maximum atomic E-state index is 13.2. The third-order valence-corrected chi connectivity index (χ3v) is 23.3. The fourth-order valence-electron chi connectivity index (χ4n) is 8.70. The summed E-state index contributed by atoms with van der Waals surface area (Å²) in [5.74, 6) is 1.69. The lowest BCUT2D eigenvalue weighted by Gasteiger charge is -2.45. The summed E-state index contributed by atoms with van der Waals surface area (Å²) in [4.78, 5) is 13.2. The molecule has 0 aromatic rings. The highest BCUT2D eigenvalue weighted by Crippen LogP contribution is 2.59. The van der Waals surface area contributed by atoms with E-state index in [2.05, 4.69) is 107 Å². The van der Waals surface area contributed by atoms with Gasteiger partial charge in [-0.1, -0.05) is 104 Å². The van der Waals surface area contributed by atoms with E-state index in [1.807, 2.05) is 0 Å². The molecule has 4 aliphatic rings. The number of carbonyl (C=O) groups excluding carboxylic acids is 1. The van der Waals surface area contributed by atoms with E-state index in [1.165, 1.54) is 61.7 Å². The van der Waals surface area contributed by atoms with Crippen LogP contribution in [0.2, 0.25) is 36.3 Å². The summed E-state index contributed by atoms with van der Waals surface area (Å²) >= 11 is 0. The molecule has 3 nitrogen and oxygen atoms in total. The molecule has 0 aliphatic heterocycles. The van der Waals surface area contributed by atoms with Crippen molar-refractivity contribution in [3.05, 3.63) is 47.1 Å². The number of hydrogen-bond acceptors (Lipinski definition) is 3. The van der Waals surface area contributed by atoms with E-state index in [9.17, 15) is 4.79 Å². The summed E-state index contributed by atoms with van der Waals surface area (Å²) in [6, 6.07) is 0. The standard InChI is InChI=1S/C43H74O3Si2/c1-15-16-26-43(27-28-43)39(44)24-19-31(2)36-22-23-37-33(18-17-25-42(36,37)10)20-21-34-29-35(45-47(11,12)40(4,5)6)30-38(32(34)3)46-48(13,14)41(7,8)9/h19-21,35-38H,3,15-18,22-30H2,1-2,4-14H3/t35-,36-,37+,38+,42-/m1/s1. The quantitative estimate of drug-likeness (QED) is 0.151. The minimum absolute atomic E-state index is 0.0128. The first-order chi connectivity index (χ1) is 22.1. The summed E-state index contributed by atoms with van der Waals surface area (Å²) < 4.78 is 14.2. The van der Waals surface area contributed by atoms with Gasteiger partial charge in [-0.25, -0.2) is 0 Å². The second kappa shape index (κ2) is 14.5. The average molecular weight is 695 g/mol. The fourth-order valence-corrected chi connectivity index (χ4v) is 11.4. The Morgan fingerprint density at radius 2 is 1.58 bits per heavy atom. The first kappa shape index (κ1) is 39.8. The lowest BCUT2D eigenvalue weighted by molar-refractivity contribution is -0.123. The van der Waals surface area contributed by atoms with Gasteiger partial charge in [-0.05, 0) is 129 Å². The Labute approximate surface area is 299 Å². The van der Waals surface area contributed by atoms with Gasteiger partial charge in [-0.2, -0.15) is 0 Å². The summed E-state index contributed by atoms with van der Waals surface area (Å²) in [5, 5.41) is 0.315. The van der Waals surface area contributed by atoms with Gasteiger partial charge in [0.2, 0.25) is 0 Å². The molecule has 5 atom stereocenters. The molecule has 0 unspecified atom stereocenters. The zero-order valence-electron chi connectivity index (χ0n) is 33.7. The van der Waals surface area contributed by atoms with Crippen molar-refractivity contribution < 1.29 is 13.6 Å². The average Bonchev–Trinajstić information content (AvgIpc) is 3.68. The predicted molar refractivity (Wildman–Crippen MR) is 211 cm³/mol. The second-order valence-electron chi connectivity index (χ2n) is 19.8. The van der Waals surface area contributed by atoms with Crippen LogP contribution in [-0.2, 0) is 13.6 Å². The van der Waals surface area contributed by atoms with Crippen molar-refractivity contribution in [2.24, 2.45) is 22.7 Å². The van der Waals surface area contributed by atoms with Crippen molar-refractivity contribution in [1.29, 1.82) is 0 Å². The van der Waals surface area contributed by atoms with E-state index in [0.717, 1.165) is 32.1 Å². The van der Waals surface area contributed by atoms with Crippen LogP contribution in [0.15, 0.2) is 47.1 Å². The van der Waals surface area contributed by atoms with Gasteiger partial charge in [0.05, 0.1) is 12.2 Å². The van der Waals surface area contributed by atoms with Gasteiger partial charge in [-0.15, -0.1) is 0 Å². The Hall–Kier alpha value is -1.02. The van der Waals surface area contributed by atoms with Crippen molar-refractivity contribution in [3.63, 3.8) is 0 Å². The molecule has 0 saturated heterocycles. The minimum atomic E-state index is -1.99. The highest BCUT2D eigenvalue weighted by molar-refractivity contribution is 6.74. The van der Waals surface area contributed by atoms with Crippen LogP contribution in [0, 0.1) is 22.7 Å². The Kier molecular flexibility index (Phi) is 12.0. The summed E-state index contributed by atoms with van der Waals surface area (Å²) in [6.07, 6.45) is 21.8. The lowest BCUT2D eigenvalue weighted by atomic mass is 9.62. The van der Waals surface area contributed by atoms with Crippen LogP contribution in [0.1, 0.15) is 146 Å². The van der Waals surface area contributed by atoms with E-state index in [4.69, 9.17) is 15.4 Å². The predicted octanol–water partition coefficient (Wildman–Crippen LogP) is 13.1. The smallest absolute Gasteiger partial charge is 0.192 e. The van der Waals surface area contributed by atoms with Gasteiger partial charge >= 0.3 is 0 Å². The van der Waals surface area contributed by atoms with Crippen molar-refractivity contribution in [2.45, 2.75) is 194 Å². The zero-order chi connectivity index (χ0) is 35.9. The molecule has 0 heterocycles. The molecule has 272 valence electrons. The number of allylic oxidation sites excluding steroid dienone is 5. The van der Waals surface area contributed by atoms with Crippen LogP contribution in [0.3, 0.4) is 0 Å². The first-order valence-corrected chi connectivity index (χ1v) is 25.5. The van der Waals surface area contributed by atoms with Crippen LogP contribution in [0.4, 0.5) is 0 Å². The van der Waals surface area contributed by atoms with Gasteiger partial charge in [-0.3, -0.25) is 4.79 Å². The lowest BCUT2D eigenvalue weighted by Crippen LogP contribution is -2.49. The molecule has 0 aromatic heterocycles. The number of ketones is 1. The van der Waals surface area contributed by atoms with Crippen LogP contribution < -0.4 is 0 Å². The Bertz CT molecular complexity index is 1280. The fraction of sp³-hybridized carbons (Fsp3) is 0.791. The number of fused-ring (bicyclic) bond motifs is 1. The number of unbranched alkanes of at least 4 members (excludes halogenated alkanes) is 1. The van der Waals surface area contributed by atoms with E-state index < -0.39 is 16.6 Å². The van der Waals surface area contributed by atoms with Gasteiger partial charge in [0.25, 0.3) is 0 Å². The molecule has 0 aromatic carbocycles. The topological polar surface area (TPSA) is 35.5 Å². The third-order valence-electron chi connectivity index (χ3n) is 14.3. The van der Waals surface area contributed by atoms with Crippen molar-refractivity contribution >= 4 is 22.4 Å². The Morgan fingerprint density at radius 1 is 0.958 bits per heavy atom. The maximum absolute atomic E-state index is 13.2. The molecule has 48 heavy (non-hydrogen) atoms. The van der Waals surface area contributed by atoms with Crippen molar-refractivity contribution in [3.8, 4) is 0 Å². The molecule has 4 rings (SSSR count). The highest BCUT2D eigenvalue weighted by atomic mass is 28.4. The molecule has 0 spiro atoms. The summed E-state index contributed by atoms with van der Waals surface area (Å²) in [5.41, 5.74) is 5.89. The van der Waals surface area contributed by atoms with Gasteiger partial charge in [0, 0.05) is 18.3 Å². The van der Waals surface area contributed by atoms with Gasteiger partial charge in [0.1, 0.15) is 5.78 Å². The molecular formula is C43H74O3Si2. The number of rotatable bonds is 12. The first-order valence-electron chi connectivity index (χ1n) is 19.7. The zero-order valence-corrected chi connectivity index (χ0v) is 35.7. The van der Waals surface area contributed by atoms with Crippen LogP contribution >= 0.6 is 0 Å². The monoisotopic (exact) mass is 695 g/mol. The van der Waals surface area contributed by atoms with E-state index in [-0.39, 0.29) is 33.1 Å². The number of Topliss-reactive ketones (excluding diaryl/α,β-unsaturated/α-hetero) is 1. The molecule has 4 aliphatic carbocycles. The van der Waals surface area contributed by atoms with E-state index >= 15 is 0 Å². The molecule has 4 fully saturated rings. The maximum Gasteiger partial charge on any atom is 0.192 e. The largest absolute Gasteiger partial charge is 0.413 e. The molecule has 0 bridgehead atoms. The molecule has 0 amide bonds. The van der Waals surface area contributed by atoms with E-state index in [1.54, 1.807) is 5.57 Å². The van der Waals surface area contributed by atoms with Crippen LogP contribution in [-0.4, -0.2) is 34.6 Å².